The lowest BCUT2D eigenvalue weighted by Gasteiger charge is -2.25. The van der Waals surface area contributed by atoms with Crippen LogP contribution in [0.5, 0.6) is 0 Å². The molecule has 1 aliphatic heterocycles. The van der Waals surface area contributed by atoms with E-state index in [1.54, 1.807) is 31.3 Å². The maximum absolute atomic E-state index is 12.6. The van der Waals surface area contributed by atoms with E-state index in [2.05, 4.69) is 4.74 Å². The summed E-state index contributed by atoms with van der Waals surface area (Å²) in [7, 11) is 2.86. The monoisotopic (exact) mass is 276 g/mol. The molecule has 20 heavy (non-hydrogen) atoms. The van der Waals surface area contributed by atoms with Crippen LogP contribution in [0, 0.1) is 0 Å². The zero-order valence-electron chi connectivity index (χ0n) is 11.4. The fraction of sp³-hybridized carbons (Fsp3) is 0.357. The maximum atomic E-state index is 12.6. The first-order chi connectivity index (χ1) is 9.42. The molecule has 0 aromatic heterocycles. The second kappa shape index (κ2) is 4.96. The Morgan fingerprint density at radius 3 is 2.55 bits per heavy atom. The van der Waals surface area contributed by atoms with Crippen molar-refractivity contribution in [2.45, 2.75) is 18.3 Å². The molecular weight excluding hydrogens is 260 g/mol. The fourth-order valence-corrected chi connectivity index (χ4v) is 2.74. The van der Waals surface area contributed by atoms with E-state index in [-0.39, 0.29) is 18.7 Å². The number of fused-ring (bicyclic) bond motifs is 1. The fourth-order valence-electron chi connectivity index (χ4n) is 2.74. The average molecular weight is 276 g/mol. The van der Waals surface area contributed by atoms with Gasteiger partial charge in [-0.1, -0.05) is 18.2 Å². The van der Waals surface area contributed by atoms with E-state index in [1.165, 1.54) is 12.0 Å². The van der Waals surface area contributed by atoms with Crippen LogP contribution in [0.2, 0.25) is 0 Å². The van der Waals surface area contributed by atoms with Crippen molar-refractivity contribution < 1.29 is 19.1 Å². The Bertz CT molecular complexity index is 584. The van der Waals surface area contributed by atoms with E-state index in [0.717, 1.165) is 0 Å². The van der Waals surface area contributed by atoms with Gasteiger partial charge in [0.2, 0.25) is 11.8 Å². The summed E-state index contributed by atoms with van der Waals surface area (Å²) in [6.45, 7) is 0. The highest BCUT2D eigenvalue weighted by molar-refractivity contribution is 6.11. The van der Waals surface area contributed by atoms with Crippen LogP contribution in [0.25, 0.3) is 0 Å². The molecule has 1 aromatic carbocycles. The Hall–Kier alpha value is -2.37. The topological polar surface area (TPSA) is 89.7 Å². The van der Waals surface area contributed by atoms with Crippen molar-refractivity contribution in [3.8, 4) is 0 Å². The van der Waals surface area contributed by atoms with Gasteiger partial charge in [-0.15, -0.1) is 0 Å². The molecule has 0 radical (unpaired) electrons. The van der Waals surface area contributed by atoms with Crippen molar-refractivity contribution in [1.82, 2.24) is 0 Å². The summed E-state index contributed by atoms with van der Waals surface area (Å²) in [4.78, 5) is 37.1. The molecule has 0 fully saturated rings. The van der Waals surface area contributed by atoms with Gasteiger partial charge in [0.15, 0.2) is 0 Å². The first-order valence-corrected chi connectivity index (χ1v) is 6.15. The molecule has 2 N–H and O–H groups in total. The predicted molar refractivity (Wildman–Crippen MR) is 72.0 cm³/mol. The smallest absolute Gasteiger partial charge is 0.306 e. The quantitative estimate of drug-likeness (QED) is 0.803. The van der Waals surface area contributed by atoms with Crippen LogP contribution in [0.1, 0.15) is 18.4 Å². The van der Waals surface area contributed by atoms with Gasteiger partial charge in [-0.25, -0.2) is 0 Å². The summed E-state index contributed by atoms with van der Waals surface area (Å²) in [5, 5.41) is 0. The minimum atomic E-state index is -1.26. The van der Waals surface area contributed by atoms with Gasteiger partial charge in [-0.3, -0.25) is 14.4 Å². The zero-order chi connectivity index (χ0) is 14.9. The maximum Gasteiger partial charge on any atom is 0.306 e. The second-order valence-electron chi connectivity index (χ2n) is 4.86. The standard InChI is InChI=1S/C14H16N2O4/c1-16-10-6-4-3-5-9(10)14(13(16)19,7-11(15)17)8-12(18)20-2/h3-6H,7-8H2,1-2H3,(H2,15,17)/t14-/m0/s1. The number of ether oxygens (including phenoxy) is 1. The molecule has 6 nitrogen and oxygen atoms in total. The molecule has 0 saturated carbocycles. The number of nitrogens with two attached hydrogens (primary N) is 1. The van der Waals surface area contributed by atoms with Crippen LogP contribution < -0.4 is 10.6 Å². The van der Waals surface area contributed by atoms with E-state index >= 15 is 0 Å². The molecule has 1 aliphatic rings. The Labute approximate surface area is 116 Å². The zero-order valence-corrected chi connectivity index (χ0v) is 11.4. The number of methoxy groups -OCH3 is 1. The number of amides is 2. The number of anilines is 1. The highest BCUT2D eigenvalue weighted by atomic mass is 16.5. The molecule has 6 heteroatoms. The predicted octanol–water partition coefficient (Wildman–Crippen LogP) is 0.339. The van der Waals surface area contributed by atoms with Crippen LogP contribution in [-0.2, 0) is 24.5 Å². The number of primary amides is 1. The van der Waals surface area contributed by atoms with Gasteiger partial charge in [0.1, 0.15) is 0 Å². The average Bonchev–Trinajstić information content (AvgIpc) is 2.62. The van der Waals surface area contributed by atoms with Gasteiger partial charge in [-0.05, 0) is 11.6 Å². The van der Waals surface area contributed by atoms with Gasteiger partial charge in [0.05, 0.1) is 18.9 Å². The van der Waals surface area contributed by atoms with E-state index in [9.17, 15) is 14.4 Å². The number of para-hydroxylation sites is 1. The van der Waals surface area contributed by atoms with Crippen molar-refractivity contribution in [3.63, 3.8) is 0 Å². The molecule has 0 unspecified atom stereocenters. The summed E-state index contributed by atoms with van der Waals surface area (Å²) in [6.07, 6.45) is -0.422. The number of rotatable bonds is 4. The van der Waals surface area contributed by atoms with Gasteiger partial charge < -0.3 is 15.4 Å². The molecule has 0 aliphatic carbocycles. The lowest BCUT2D eigenvalue weighted by molar-refractivity contribution is -0.145. The van der Waals surface area contributed by atoms with Crippen LogP contribution >= 0.6 is 0 Å². The van der Waals surface area contributed by atoms with Crippen molar-refractivity contribution in [2.24, 2.45) is 5.73 Å². The number of likely N-dealkylation sites (N-methyl/N-ethyl adjacent to an activating group) is 1. The third-order valence-corrected chi connectivity index (χ3v) is 3.64. The minimum Gasteiger partial charge on any atom is -0.469 e. The van der Waals surface area contributed by atoms with E-state index in [0.29, 0.717) is 11.3 Å². The van der Waals surface area contributed by atoms with Crippen LogP contribution in [0.3, 0.4) is 0 Å². The Kier molecular flexibility index (Phi) is 3.48. The molecule has 1 aromatic rings. The lowest BCUT2D eigenvalue weighted by atomic mass is 9.75. The van der Waals surface area contributed by atoms with E-state index in [1.807, 2.05) is 0 Å². The van der Waals surface area contributed by atoms with Gasteiger partial charge >= 0.3 is 5.97 Å². The highest BCUT2D eigenvalue weighted by Crippen LogP contribution is 2.45. The van der Waals surface area contributed by atoms with Gasteiger partial charge in [0, 0.05) is 19.2 Å². The first kappa shape index (κ1) is 14.0. The Morgan fingerprint density at radius 1 is 1.30 bits per heavy atom. The minimum absolute atomic E-state index is 0.202. The van der Waals surface area contributed by atoms with E-state index < -0.39 is 17.3 Å². The van der Waals surface area contributed by atoms with Crippen molar-refractivity contribution in [2.75, 3.05) is 19.1 Å². The number of nitrogens with zero attached hydrogens (tertiary/aromatic N) is 1. The Morgan fingerprint density at radius 2 is 1.95 bits per heavy atom. The number of carbonyl (C=O) groups excluding carboxylic acids is 3. The number of benzene rings is 1. The molecule has 1 heterocycles. The summed E-state index contributed by atoms with van der Waals surface area (Å²) in [5.74, 6) is -1.50. The molecular formula is C14H16N2O4. The number of esters is 1. The summed E-state index contributed by atoms with van der Waals surface area (Å²) in [6, 6.07) is 7.06. The highest BCUT2D eigenvalue weighted by Gasteiger charge is 2.52. The van der Waals surface area contributed by atoms with Crippen LogP contribution in [-0.4, -0.2) is 31.9 Å². The third-order valence-electron chi connectivity index (χ3n) is 3.64. The van der Waals surface area contributed by atoms with Crippen LogP contribution in [0.15, 0.2) is 24.3 Å². The molecule has 0 spiro atoms. The number of hydrogen-bond acceptors (Lipinski definition) is 4. The van der Waals surface area contributed by atoms with Gasteiger partial charge in [-0.2, -0.15) is 0 Å². The lowest BCUT2D eigenvalue weighted by Crippen LogP contribution is -2.43. The van der Waals surface area contributed by atoms with Gasteiger partial charge in [0.25, 0.3) is 0 Å². The number of hydrogen-bond donors (Lipinski definition) is 1. The van der Waals surface area contributed by atoms with Crippen LogP contribution in [0.4, 0.5) is 5.69 Å². The van der Waals surface area contributed by atoms with Crippen molar-refractivity contribution >= 4 is 23.5 Å². The summed E-state index contributed by atoms with van der Waals surface area (Å²) >= 11 is 0. The first-order valence-electron chi connectivity index (χ1n) is 6.15. The molecule has 0 saturated heterocycles. The molecule has 1 atom stereocenters. The molecule has 2 rings (SSSR count). The molecule has 106 valence electrons. The van der Waals surface area contributed by atoms with Crippen molar-refractivity contribution in [3.05, 3.63) is 29.8 Å². The third kappa shape index (κ3) is 2.03. The summed E-state index contributed by atoms with van der Waals surface area (Å²) in [5.41, 5.74) is 5.34. The number of carbonyl (C=O) groups is 3. The SMILES string of the molecule is COC(=O)C[C@]1(CC(N)=O)C(=O)N(C)c2ccccc21. The summed E-state index contributed by atoms with van der Waals surface area (Å²) < 4.78 is 4.66. The Balaban J connectivity index is 2.58. The largest absolute Gasteiger partial charge is 0.469 e. The second-order valence-corrected chi connectivity index (χ2v) is 4.86. The molecule has 0 bridgehead atoms. The van der Waals surface area contributed by atoms with E-state index in [4.69, 9.17) is 5.73 Å². The molecule has 2 amide bonds. The normalized spacial score (nSPS) is 20.7. The van der Waals surface area contributed by atoms with Crippen molar-refractivity contribution in [1.29, 1.82) is 0 Å².